The maximum Gasteiger partial charge on any atom is 0.309 e. The molecule has 58 valence electrons. The van der Waals surface area contributed by atoms with E-state index in [2.05, 4.69) is 0 Å². The first kappa shape index (κ1) is 7.50. The summed E-state index contributed by atoms with van der Waals surface area (Å²) in [6, 6.07) is -0.486. The van der Waals surface area contributed by atoms with Gasteiger partial charge in [-0.3, -0.25) is 4.79 Å². The van der Waals surface area contributed by atoms with Crippen LogP contribution >= 0.6 is 0 Å². The molecule has 1 rings (SSSR count). The fourth-order valence-corrected chi connectivity index (χ4v) is 1.43. The van der Waals surface area contributed by atoms with E-state index in [1.165, 1.54) is 0 Å². The Kier molecular flexibility index (Phi) is 1.92. The van der Waals surface area contributed by atoms with Gasteiger partial charge >= 0.3 is 5.97 Å². The third-order valence-electron chi connectivity index (χ3n) is 2.04. The van der Waals surface area contributed by atoms with E-state index in [9.17, 15) is 4.79 Å². The lowest BCUT2D eigenvalue weighted by Crippen LogP contribution is -2.39. The van der Waals surface area contributed by atoms with E-state index in [0.29, 0.717) is 0 Å². The Morgan fingerprint density at radius 2 is 1.70 bits per heavy atom. The van der Waals surface area contributed by atoms with Gasteiger partial charge in [0.05, 0.1) is 5.92 Å². The fourth-order valence-electron chi connectivity index (χ4n) is 1.43. The molecule has 5 N–H and O–H groups in total. The van der Waals surface area contributed by atoms with Crippen LogP contribution in [0, 0.1) is 5.92 Å². The normalized spacial score (nSPS) is 34.6. The number of carbonyl (C=O) groups is 1. The lowest BCUT2D eigenvalue weighted by molar-refractivity contribution is -0.142. The summed E-state index contributed by atoms with van der Waals surface area (Å²) >= 11 is 0. The summed E-state index contributed by atoms with van der Waals surface area (Å²) in [4.78, 5) is 10.5. The number of nitrogens with two attached hydrogens (primary N) is 2. The van der Waals surface area contributed by atoms with Gasteiger partial charge in [0.15, 0.2) is 0 Å². The van der Waals surface area contributed by atoms with Crippen molar-refractivity contribution in [2.24, 2.45) is 17.4 Å². The van der Waals surface area contributed by atoms with E-state index >= 15 is 0 Å². The van der Waals surface area contributed by atoms with Gasteiger partial charge in [-0.2, -0.15) is 0 Å². The van der Waals surface area contributed by atoms with Crippen LogP contribution in [0.2, 0.25) is 0 Å². The summed E-state index contributed by atoms with van der Waals surface area (Å²) in [7, 11) is 0. The Morgan fingerprint density at radius 1 is 1.30 bits per heavy atom. The number of aliphatic carboxylic acids is 1. The van der Waals surface area contributed by atoms with Crippen LogP contribution in [0.3, 0.4) is 0 Å². The van der Waals surface area contributed by atoms with Crippen LogP contribution in [0.5, 0.6) is 0 Å². The van der Waals surface area contributed by atoms with Crippen molar-refractivity contribution in [2.75, 3.05) is 0 Å². The van der Waals surface area contributed by atoms with Crippen LogP contribution < -0.4 is 11.5 Å². The molecule has 0 aromatic carbocycles. The van der Waals surface area contributed by atoms with Gasteiger partial charge < -0.3 is 16.6 Å². The lowest BCUT2D eigenvalue weighted by Gasteiger charge is -2.13. The molecule has 0 bridgehead atoms. The smallest absolute Gasteiger partial charge is 0.309 e. The van der Waals surface area contributed by atoms with Crippen LogP contribution in [0.4, 0.5) is 0 Å². The van der Waals surface area contributed by atoms with Crippen LogP contribution in [0.25, 0.3) is 0 Å². The first-order valence-electron chi connectivity index (χ1n) is 3.37. The number of hydrogen-bond donors (Lipinski definition) is 3. The van der Waals surface area contributed by atoms with Gasteiger partial charge in [0.25, 0.3) is 0 Å². The molecule has 1 aliphatic carbocycles. The molecule has 0 aromatic heterocycles. The molecular weight excluding hydrogens is 132 g/mol. The zero-order valence-corrected chi connectivity index (χ0v) is 5.66. The fraction of sp³-hybridized carbons (Fsp3) is 0.833. The SMILES string of the molecule is N[C@H]1CC[C@H](N)C1C(=O)O. The Balaban J connectivity index is 2.63. The second kappa shape index (κ2) is 2.56. The van der Waals surface area contributed by atoms with Crippen molar-refractivity contribution in [2.45, 2.75) is 24.9 Å². The van der Waals surface area contributed by atoms with E-state index in [-0.39, 0.29) is 12.1 Å². The molecule has 0 spiro atoms. The van der Waals surface area contributed by atoms with E-state index in [1.54, 1.807) is 0 Å². The molecule has 2 atom stereocenters. The van der Waals surface area contributed by atoms with Crippen molar-refractivity contribution in [3.05, 3.63) is 0 Å². The van der Waals surface area contributed by atoms with E-state index in [0.717, 1.165) is 12.8 Å². The molecule has 0 radical (unpaired) electrons. The molecule has 0 aliphatic heterocycles. The van der Waals surface area contributed by atoms with E-state index < -0.39 is 11.9 Å². The first-order valence-corrected chi connectivity index (χ1v) is 3.37. The Bertz CT molecular complexity index is 139. The molecule has 0 aromatic rings. The van der Waals surface area contributed by atoms with E-state index in [4.69, 9.17) is 16.6 Å². The average Bonchev–Trinajstić information content (AvgIpc) is 2.11. The first-order chi connectivity index (χ1) is 4.63. The third-order valence-corrected chi connectivity index (χ3v) is 2.04. The molecule has 1 aliphatic rings. The van der Waals surface area contributed by atoms with Crippen molar-refractivity contribution in [1.82, 2.24) is 0 Å². The summed E-state index contributed by atoms with van der Waals surface area (Å²) < 4.78 is 0. The van der Waals surface area contributed by atoms with Gasteiger partial charge in [0.1, 0.15) is 0 Å². The zero-order valence-electron chi connectivity index (χ0n) is 5.66. The second-order valence-corrected chi connectivity index (χ2v) is 2.77. The third kappa shape index (κ3) is 1.12. The summed E-state index contributed by atoms with van der Waals surface area (Å²) in [5.41, 5.74) is 11.0. The number of hydrogen-bond acceptors (Lipinski definition) is 3. The second-order valence-electron chi connectivity index (χ2n) is 2.77. The minimum absolute atomic E-state index is 0.243. The summed E-state index contributed by atoms with van der Waals surface area (Å²) in [6.45, 7) is 0. The standard InChI is InChI=1S/C6H12N2O2/c7-3-1-2-4(8)5(3)6(9)10/h3-5H,1-2,7-8H2,(H,9,10)/t3-,4-/m0/s1. The van der Waals surface area contributed by atoms with Gasteiger partial charge in [-0.05, 0) is 12.8 Å². The monoisotopic (exact) mass is 144 g/mol. The minimum Gasteiger partial charge on any atom is -0.481 e. The van der Waals surface area contributed by atoms with Crippen LogP contribution in [-0.2, 0) is 4.79 Å². The maximum absolute atomic E-state index is 10.5. The van der Waals surface area contributed by atoms with Crippen LogP contribution in [-0.4, -0.2) is 23.2 Å². The highest BCUT2D eigenvalue weighted by molar-refractivity contribution is 5.72. The predicted octanol–water partition coefficient (Wildman–Crippen LogP) is -0.864. The van der Waals surface area contributed by atoms with Crippen molar-refractivity contribution in [3.63, 3.8) is 0 Å². The van der Waals surface area contributed by atoms with Gasteiger partial charge in [0, 0.05) is 12.1 Å². The van der Waals surface area contributed by atoms with Crippen molar-refractivity contribution < 1.29 is 9.90 Å². The predicted molar refractivity (Wildman–Crippen MR) is 36.3 cm³/mol. The Hall–Kier alpha value is -0.610. The molecule has 0 saturated heterocycles. The highest BCUT2D eigenvalue weighted by Crippen LogP contribution is 2.22. The molecule has 1 fully saturated rings. The van der Waals surface area contributed by atoms with Gasteiger partial charge in [0.2, 0.25) is 0 Å². The van der Waals surface area contributed by atoms with Crippen LogP contribution in [0.1, 0.15) is 12.8 Å². The highest BCUT2D eigenvalue weighted by atomic mass is 16.4. The molecule has 0 heterocycles. The largest absolute Gasteiger partial charge is 0.481 e. The van der Waals surface area contributed by atoms with Gasteiger partial charge in [-0.15, -0.1) is 0 Å². The van der Waals surface area contributed by atoms with Crippen LogP contribution in [0.15, 0.2) is 0 Å². The molecule has 4 nitrogen and oxygen atoms in total. The number of rotatable bonds is 1. The quantitative estimate of drug-likeness (QED) is 0.446. The molecule has 0 amide bonds. The topological polar surface area (TPSA) is 89.3 Å². The van der Waals surface area contributed by atoms with E-state index in [1.807, 2.05) is 0 Å². The van der Waals surface area contributed by atoms with Crippen molar-refractivity contribution in [3.8, 4) is 0 Å². The summed E-state index contributed by atoms with van der Waals surface area (Å²) in [5.74, 6) is -1.39. The lowest BCUT2D eigenvalue weighted by atomic mass is 10.0. The molecule has 1 saturated carbocycles. The zero-order chi connectivity index (χ0) is 7.72. The molecular formula is C6H12N2O2. The van der Waals surface area contributed by atoms with Gasteiger partial charge in [-0.1, -0.05) is 0 Å². The van der Waals surface area contributed by atoms with Crippen molar-refractivity contribution >= 4 is 5.97 Å². The molecule has 10 heavy (non-hydrogen) atoms. The number of carboxylic acids is 1. The maximum atomic E-state index is 10.5. The summed E-state index contributed by atoms with van der Waals surface area (Å²) in [5, 5.41) is 8.59. The average molecular weight is 144 g/mol. The van der Waals surface area contributed by atoms with Gasteiger partial charge in [-0.25, -0.2) is 0 Å². The Morgan fingerprint density at radius 3 is 1.90 bits per heavy atom. The molecule has 0 unspecified atom stereocenters. The Labute approximate surface area is 59.2 Å². The minimum atomic E-state index is -0.863. The number of carboxylic acid groups (broad SMARTS) is 1. The highest BCUT2D eigenvalue weighted by Gasteiger charge is 2.36. The summed E-state index contributed by atoms with van der Waals surface area (Å²) in [6.07, 6.45) is 1.47. The van der Waals surface area contributed by atoms with Crippen molar-refractivity contribution in [1.29, 1.82) is 0 Å². The molecule has 4 heteroatoms.